The van der Waals surface area contributed by atoms with Crippen molar-refractivity contribution < 1.29 is 14.7 Å². The molecule has 0 unspecified atom stereocenters. The van der Waals surface area contributed by atoms with Crippen LogP contribution in [0.4, 0.5) is 0 Å². The van der Waals surface area contributed by atoms with E-state index >= 15 is 0 Å². The van der Waals surface area contributed by atoms with Crippen LogP contribution >= 0.6 is 0 Å². The number of carboxylic acid groups (broad SMARTS) is 1. The van der Waals surface area contributed by atoms with Gasteiger partial charge in [-0.15, -0.1) is 0 Å². The van der Waals surface area contributed by atoms with Crippen molar-refractivity contribution in [2.24, 2.45) is 5.41 Å². The Kier molecular flexibility index (Phi) is 4.35. The molecule has 1 heterocycles. The SMILES string of the molecule is CCC1(C(=O)O)CCN(C(=O)c2cccc(C)c2C)CC1. The van der Waals surface area contributed by atoms with Crippen molar-refractivity contribution in [2.45, 2.75) is 40.0 Å². The van der Waals surface area contributed by atoms with E-state index in [1.807, 2.05) is 39.0 Å². The van der Waals surface area contributed by atoms with E-state index in [0.29, 0.717) is 32.4 Å². The third kappa shape index (κ3) is 2.80. The molecule has 114 valence electrons. The lowest BCUT2D eigenvalue weighted by Gasteiger charge is -2.38. The van der Waals surface area contributed by atoms with Crippen molar-refractivity contribution in [3.05, 3.63) is 34.9 Å². The zero-order valence-corrected chi connectivity index (χ0v) is 13.0. The largest absolute Gasteiger partial charge is 0.481 e. The van der Waals surface area contributed by atoms with E-state index in [9.17, 15) is 14.7 Å². The number of aliphatic carboxylic acids is 1. The van der Waals surface area contributed by atoms with Crippen molar-refractivity contribution in [1.29, 1.82) is 0 Å². The van der Waals surface area contributed by atoms with Crippen molar-refractivity contribution in [2.75, 3.05) is 13.1 Å². The van der Waals surface area contributed by atoms with Gasteiger partial charge in [0.2, 0.25) is 0 Å². The minimum Gasteiger partial charge on any atom is -0.481 e. The van der Waals surface area contributed by atoms with E-state index in [-0.39, 0.29) is 5.91 Å². The summed E-state index contributed by atoms with van der Waals surface area (Å²) in [6.45, 7) is 6.91. The third-order valence-electron chi connectivity index (χ3n) is 4.97. The average Bonchev–Trinajstić information content (AvgIpc) is 2.49. The first-order valence-corrected chi connectivity index (χ1v) is 7.50. The highest BCUT2D eigenvalue weighted by Gasteiger charge is 2.40. The van der Waals surface area contributed by atoms with Crippen LogP contribution in [0.3, 0.4) is 0 Å². The van der Waals surface area contributed by atoms with Crippen LogP contribution in [0.15, 0.2) is 18.2 Å². The van der Waals surface area contributed by atoms with Crippen LogP contribution in [0, 0.1) is 19.3 Å². The maximum Gasteiger partial charge on any atom is 0.309 e. The molecule has 0 aromatic heterocycles. The molecule has 0 spiro atoms. The number of carboxylic acids is 1. The summed E-state index contributed by atoms with van der Waals surface area (Å²) in [5.74, 6) is -0.713. The van der Waals surface area contributed by atoms with E-state index in [1.165, 1.54) is 0 Å². The number of carbonyl (C=O) groups excluding carboxylic acids is 1. The van der Waals surface area contributed by atoms with Gasteiger partial charge in [0.15, 0.2) is 0 Å². The van der Waals surface area contributed by atoms with Gasteiger partial charge in [0.25, 0.3) is 5.91 Å². The van der Waals surface area contributed by atoms with Gasteiger partial charge in [-0.3, -0.25) is 9.59 Å². The van der Waals surface area contributed by atoms with E-state index in [4.69, 9.17) is 0 Å². The lowest BCUT2D eigenvalue weighted by Crippen LogP contribution is -2.46. The molecule has 0 saturated carbocycles. The number of carbonyl (C=O) groups is 2. The number of rotatable bonds is 3. The highest BCUT2D eigenvalue weighted by Crippen LogP contribution is 2.35. The maximum atomic E-state index is 12.6. The Hall–Kier alpha value is -1.84. The number of likely N-dealkylation sites (tertiary alicyclic amines) is 1. The second-order valence-corrected chi connectivity index (χ2v) is 5.98. The lowest BCUT2D eigenvalue weighted by atomic mass is 9.76. The molecule has 21 heavy (non-hydrogen) atoms. The molecule has 0 bridgehead atoms. The first-order valence-electron chi connectivity index (χ1n) is 7.50. The number of hydrogen-bond acceptors (Lipinski definition) is 2. The van der Waals surface area contributed by atoms with Gasteiger partial charge in [-0.25, -0.2) is 0 Å². The minimum absolute atomic E-state index is 0.0197. The fourth-order valence-corrected chi connectivity index (χ4v) is 3.01. The summed E-state index contributed by atoms with van der Waals surface area (Å²) in [5.41, 5.74) is 2.19. The predicted molar refractivity (Wildman–Crippen MR) is 81.4 cm³/mol. The van der Waals surface area contributed by atoms with Crippen molar-refractivity contribution >= 4 is 11.9 Å². The molecule has 0 radical (unpaired) electrons. The summed E-state index contributed by atoms with van der Waals surface area (Å²) in [7, 11) is 0. The zero-order valence-electron chi connectivity index (χ0n) is 13.0. The van der Waals surface area contributed by atoms with Gasteiger partial charge in [0, 0.05) is 18.7 Å². The van der Waals surface area contributed by atoms with Gasteiger partial charge in [-0.1, -0.05) is 19.1 Å². The summed E-state index contributed by atoms with van der Waals surface area (Å²) < 4.78 is 0. The molecule has 4 nitrogen and oxygen atoms in total. The van der Waals surface area contributed by atoms with Crippen LogP contribution in [0.1, 0.15) is 47.7 Å². The highest BCUT2D eigenvalue weighted by molar-refractivity contribution is 5.96. The molecule has 1 N–H and O–H groups in total. The molecule has 1 aromatic rings. The fourth-order valence-electron chi connectivity index (χ4n) is 3.01. The summed E-state index contributed by atoms with van der Waals surface area (Å²) in [6.07, 6.45) is 1.69. The molecule has 1 fully saturated rings. The zero-order chi connectivity index (χ0) is 15.6. The molecule has 2 rings (SSSR count). The molecule has 0 aliphatic carbocycles. The Labute approximate surface area is 125 Å². The molecule has 4 heteroatoms. The fraction of sp³-hybridized carbons (Fsp3) is 0.529. The summed E-state index contributed by atoms with van der Waals surface area (Å²) in [4.78, 5) is 25.9. The van der Waals surface area contributed by atoms with E-state index < -0.39 is 11.4 Å². The van der Waals surface area contributed by atoms with Crippen LogP contribution in [0.5, 0.6) is 0 Å². The van der Waals surface area contributed by atoms with Crippen molar-refractivity contribution in [1.82, 2.24) is 4.90 Å². The van der Waals surface area contributed by atoms with Gasteiger partial charge < -0.3 is 10.0 Å². The smallest absolute Gasteiger partial charge is 0.309 e. The van der Waals surface area contributed by atoms with Crippen molar-refractivity contribution in [3.8, 4) is 0 Å². The topological polar surface area (TPSA) is 57.6 Å². The predicted octanol–water partition coefficient (Wildman–Crippen LogP) is 3.02. The minimum atomic E-state index is -0.733. The Morgan fingerprint density at radius 2 is 1.86 bits per heavy atom. The molecule has 1 saturated heterocycles. The Morgan fingerprint density at radius 3 is 2.38 bits per heavy atom. The number of hydrogen-bond donors (Lipinski definition) is 1. The van der Waals surface area contributed by atoms with Gasteiger partial charge in [-0.05, 0) is 50.3 Å². The van der Waals surface area contributed by atoms with Crippen LogP contribution in [0.25, 0.3) is 0 Å². The van der Waals surface area contributed by atoms with Crippen LogP contribution < -0.4 is 0 Å². The molecule has 1 amide bonds. The molecule has 1 aromatic carbocycles. The van der Waals surface area contributed by atoms with E-state index in [1.54, 1.807) is 4.90 Å². The normalized spacial score (nSPS) is 17.6. The maximum absolute atomic E-state index is 12.6. The number of benzene rings is 1. The van der Waals surface area contributed by atoms with Crippen LogP contribution in [-0.4, -0.2) is 35.0 Å². The van der Waals surface area contributed by atoms with Crippen LogP contribution in [-0.2, 0) is 4.79 Å². The number of piperidine rings is 1. The van der Waals surface area contributed by atoms with Crippen LogP contribution in [0.2, 0.25) is 0 Å². The standard InChI is InChI=1S/C17H23NO3/c1-4-17(16(20)21)8-10-18(11-9-17)15(19)14-7-5-6-12(2)13(14)3/h5-7H,4,8-11H2,1-3H3,(H,20,21). The van der Waals surface area contributed by atoms with Gasteiger partial charge >= 0.3 is 5.97 Å². The number of nitrogens with zero attached hydrogens (tertiary/aromatic N) is 1. The lowest BCUT2D eigenvalue weighted by molar-refractivity contribution is -0.152. The molecule has 1 aliphatic heterocycles. The first kappa shape index (κ1) is 15.5. The summed E-state index contributed by atoms with van der Waals surface area (Å²) in [6, 6.07) is 5.74. The molecular weight excluding hydrogens is 266 g/mol. The van der Waals surface area contributed by atoms with Gasteiger partial charge in [0.1, 0.15) is 0 Å². The summed E-state index contributed by atoms with van der Waals surface area (Å²) >= 11 is 0. The van der Waals surface area contributed by atoms with E-state index in [0.717, 1.165) is 16.7 Å². The number of aryl methyl sites for hydroxylation is 1. The van der Waals surface area contributed by atoms with Crippen molar-refractivity contribution in [3.63, 3.8) is 0 Å². The average molecular weight is 289 g/mol. The number of amides is 1. The molecular formula is C17H23NO3. The molecule has 1 aliphatic rings. The Bertz CT molecular complexity index is 557. The third-order valence-corrected chi connectivity index (χ3v) is 4.97. The molecule has 0 atom stereocenters. The highest BCUT2D eigenvalue weighted by atomic mass is 16.4. The second kappa shape index (κ2) is 5.88. The monoisotopic (exact) mass is 289 g/mol. The Morgan fingerprint density at radius 1 is 1.24 bits per heavy atom. The quantitative estimate of drug-likeness (QED) is 0.930. The van der Waals surface area contributed by atoms with E-state index in [2.05, 4.69) is 0 Å². The first-order chi connectivity index (χ1) is 9.91. The van der Waals surface area contributed by atoms with Gasteiger partial charge in [-0.2, -0.15) is 0 Å². The second-order valence-electron chi connectivity index (χ2n) is 5.98. The van der Waals surface area contributed by atoms with Gasteiger partial charge in [0.05, 0.1) is 5.41 Å². The summed E-state index contributed by atoms with van der Waals surface area (Å²) in [5, 5.41) is 9.41. The Balaban J connectivity index is 2.14.